The van der Waals surface area contributed by atoms with Gasteiger partial charge in [-0.05, 0) is 30.3 Å². The number of aryl methyl sites for hydroxylation is 1. The van der Waals surface area contributed by atoms with Crippen LogP contribution >= 0.6 is 0 Å². The lowest BCUT2D eigenvalue weighted by atomic mass is 10.0. The van der Waals surface area contributed by atoms with E-state index in [0.717, 1.165) is 34.3 Å². The van der Waals surface area contributed by atoms with Crippen LogP contribution in [0.25, 0.3) is 27.8 Å². The van der Waals surface area contributed by atoms with Gasteiger partial charge in [0.05, 0.1) is 24.3 Å². The first-order chi connectivity index (χ1) is 19.4. The van der Waals surface area contributed by atoms with Gasteiger partial charge in [-0.3, -0.25) is 14.5 Å². The van der Waals surface area contributed by atoms with Gasteiger partial charge in [-0.25, -0.2) is 13.9 Å². The maximum Gasteiger partial charge on any atom is 0.228 e. The summed E-state index contributed by atoms with van der Waals surface area (Å²) in [6.45, 7) is 2.37. The molecule has 0 spiro atoms. The van der Waals surface area contributed by atoms with E-state index in [0.29, 0.717) is 43.0 Å². The molecule has 1 aliphatic rings. The number of piperazine rings is 1. The molecule has 0 atom stereocenters. The normalized spacial score (nSPS) is 13.5. The molecule has 6 rings (SSSR count). The molecule has 2 N–H and O–H groups in total. The number of nitrogens with zero attached hydrogens (tertiary/aromatic N) is 9. The summed E-state index contributed by atoms with van der Waals surface area (Å²) in [5.74, 6) is 0.505. The van der Waals surface area contributed by atoms with E-state index in [4.69, 9.17) is 10.7 Å². The molecular weight excluding hydrogens is 511 g/mol. The Labute approximate surface area is 228 Å². The van der Waals surface area contributed by atoms with Gasteiger partial charge >= 0.3 is 0 Å². The molecule has 1 aliphatic heterocycles. The molecule has 0 saturated carbocycles. The third kappa shape index (κ3) is 4.69. The van der Waals surface area contributed by atoms with Crippen molar-refractivity contribution in [2.24, 2.45) is 7.05 Å². The van der Waals surface area contributed by atoms with Crippen molar-refractivity contribution in [3.8, 4) is 28.3 Å². The minimum atomic E-state index is -0.422. The molecule has 0 unspecified atom stereocenters. The summed E-state index contributed by atoms with van der Waals surface area (Å²) in [7, 11) is 1.85. The monoisotopic (exact) mass is 536 g/mol. The van der Waals surface area contributed by atoms with E-state index in [1.807, 2.05) is 37.6 Å². The third-order valence-electron chi connectivity index (χ3n) is 7.04. The standard InChI is InChI=1S/C28H25FN10O/c1-36-16-20(14-34-36)19-10-23(27-24(12-30)28(31)35-39(27)17-19)18-2-5-25(33-13-18)37-6-8-38(9-7-37)26(40)11-22-4-3-21(29)15-32-22/h2-5,10,13-17H,6-9,11H2,1H3,(H2,31,35). The Kier molecular flexibility index (Phi) is 6.31. The zero-order valence-corrected chi connectivity index (χ0v) is 21.7. The summed E-state index contributed by atoms with van der Waals surface area (Å²) in [5, 5.41) is 18.4. The Hall–Kier alpha value is -5.31. The molecule has 0 bridgehead atoms. The number of rotatable bonds is 5. The second-order valence-electron chi connectivity index (χ2n) is 9.63. The van der Waals surface area contributed by atoms with Gasteiger partial charge in [-0.2, -0.15) is 10.4 Å². The molecule has 5 aromatic rings. The highest BCUT2D eigenvalue weighted by Crippen LogP contribution is 2.34. The van der Waals surface area contributed by atoms with Gasteiger partial charge < -0.3 is 15.5 Å². The topological polar surface area (TPSA) is 134 Å². The van der Waals surface area contributed by atoms with Crippen molar-refractivity contribution in [3.05, 3.63) is 78.4 Å². The van der Waals surface area contributed by atoms with Crippen LogP contribution in [0.15, 0.2) is 61.3 Å². The Morgan fingerprint density at radius 1 is 1.02 bits per heavy atom. The third-order valence-corrected chi connectivity index (χ3v) is 7.04. The van der Waals surface area contributed by atoms with Crippen molar-refractivity contribution in [2.45, 2.75) is 6.42 Å². The Bertz CT molecular complexity index is 1740. The molecule has 200 valence electrons. The van der Waals surface area contributed by atoms with Crippen molar-refractivity contribution in [3.63, 3.8) is 0 Å². The van der Waals surface area contributed by atoms with Crippen LogP contribution in [-0.4, -0.2) is 66.3 Å². The van der Waals surface area contributed by atoms with Crippen LogP contribution in [-0.2, 0) is 18.3 Å². The number of carbonyl (C=O) groups is 1. The Morgan fingerprint density at radius 2 is 1.85 bits per heavy atom. The number of nitriles is 1. The largest absolute Gasteiger partial charge is 0.381 e. The van der Waals surface area contributed by atoms with Crippen LogP contribution in [0, 0.1) is 17.1 Å². The molecule has 40 heavy (non-hydrogen) atoms. The summed E-state index contributed by atoms with van der Waals surface area (Å²) in [5.41, 5.74) is 10.9. The number of carbonyl (C=O) groups excluding carboxylic acids is 1. The average Bonchev–Trinajstić information content (AvgIpc) is 3.55. The van der Waals surface area contributed by atoms with Crippen LogP contribution in [0.5, 0.6) is 0 Å². The fraction of sp³-hybridized carbons (Fsp3) is 0.214. The summed E-state index contributed by atoms with van der Waals surface area (Å²) >= 11 is 0. The van der Waals surface area contributed by atoms with Gasteiger partial charge in [0.2, 0.25) is 5.91 Å². The zero-order valence-electron chi connectivity index (χ0n) is 21.7. The number of fused-ring (bicyclic) bond motifs is 1. The zero-order chi connectivity index (χ0) is 27.8. The SMILES string of the molecule is Cn1cc(-c2cc(-c3ccc(N4CCN(C(=O)Cc5ccc(F)cn5)CC4)nc3)c3c(C#N)c(N)nn3c2)cn1. The first kappa shape index (κ1) is 25.0. The van der Waals surface area contributed by atoms with E-state index < -0.39 is 5.82 Å². The van der Waals surface area contributed by atoms with Gasteiger partial charge in [-0.15, -0.1) is 5.10 Å². The van der Waals surface area contributed by atoms with E-state index in [1.54, 1.807) is 26.5 Å². The number of halogens is 1. The molecule has 0 aliphatic carbocycles. The minimum absolute atomic E-state index is 0.0343. The Morgan fingerprint density at radius 3 is 2.50 bits per heavy atom. The smallest absolute Gasteiger partial charge is 0.228 e. The highest BCUT2D eigenvalue weighted by molar-refractivity contribution is 5.90. The number of aromatic nitrogens is 6. The molecular formula is C28H25FN10O. The van der Waals surface area contributed by atoms with Gasteiger partial charge in [0.1, 0.15) is 23.3 Å². The van der Waals surface area contributed by atoms with Crippen LogP contribution in [0.4, 0.5) is 16.0 Å². The number of nitrogen functional groups attached to an aromatic ring is 1. The van der Waals surface area contributed by atoms with E-state index in [2.05, 4.69) is 26.2 Å². The van der Waals surface area contributed by atoms with Crippen molar-refractivity contribution in [1.82, 2.24) is 34.3 Å². The molecule has 5 aromatic heterocycles. The molecule has 6 heterocycles. The second kappa shape index (κ2) is 10.1. The molecule has 11 nitrogen and oxygen atoms in total. The summed E-state index contributed by atoms with van der Waals surface area (Å²) in [4.78, 5) is 25.3. The predicted octanol–water partition coefficient (Wildman–Crippen LogP) is 2.68. The average molecular weight is 537 g/mol. The van der Waals surface area contributed by atoms with Gasteiger partial charge in [0.15, 0.2) is 5.82 Å². The minimum Gasteiger partial charge on any atom is -0.381 e. The maximum absolute atomic E-state index is 13.1. The number of anilines is 2. The van der Waals surface area contributed by atoms with Crippen molar-refractivity contribution in [1.29, 1.82) is 5.26 Å². The van der Waals surface area contributed by atoms with Crippen molar-refractivity contribution >= 4 is 23.1 Å². The fourth-order valence-electron chi connectivity index (χ4n) is 4.95. The van der Waals surface area contributed by atoms with E-state index >= 15 is 0 Å². The number of hydrogen-bond acceptors (Lipinski definition) is 8. The van der Waals surface area contributed by atoms with Gasteiger partial charge in [0, 0.05) is 79.8 Å². The van der Waals surface area contributed by atoms with Crippen LogP contribution in [0.2, 0.25) is 0 Å². The van der Waals surface area contributed by atoms with Crippen molar-refractivity contribution < 1.29 is 9.18 Å². The van der Waals surface area contributed by atoms with E-state index in [-0.39, 0.29) is 18.1 Å². The number of nitrogens with two attached hydrogens (primary N) is 1. The van der Waals surface area contributed by atoms with Gasteiger partial charge in [0.25, 0.3) is 0 Å². The lowest BCUT2D eigenvalue weighted by Gasteiger charge is -2.35. The first-order valence-electron chi connectivity index (χ1n) is 12.7. The van der Waals surface area contributed by atoms with Crippen LogP contribution < -0.4 is 10.6 Å². The highest BCUT2D eigenvalue weighted by atomic mass is 19.1. The number of pyridine rings is 3. The van der Waals surface area contributed by atoms with Crippen LogP contribution in [0.3, 0.4) is 0 Å². The molecule has 0 aromatic carbocycles. The van der Waals surface area contributed by atoms with Crippen molar-refractivity contribution in [2.75, 3.05) is 36.8 Å². The lowest BCUT2D eigenvalue weighted by molar-refractivity contribution is -0.130. The summed E-state index contributed by atoms with van der Waals surface area (Å²) in [6.07, 6.45) is 8.56. The highest BCUT2D eigenvalue weighted by Gasteiger charge is 2.23. The van der Waals surface area contributed by atoms with E-state index in [9.17, 15) is 14.4 Å². The van der Waals surface area contributed by atoms with Crippen LogP contribution in [0.1, 0.15) is 11.3 Å². The molecule has 0 radical (unpaired) electrons. The summed E-state index contributed by atoms with van der Waals surface area (Å²) in [6, 6.07) is 10.9. The van der Waals surface area contributed by atoms with E-state index in [1.165, 1.54) is 12.1 Å². The molecule has 1 saturated heterocycles. The summed E-state index contributed by atoms with van der Waals surface area (Å²) < 4.78 is 16.5. The predicted molar refractivity (Wildman–Crippen MR) is 146 cm³/mol. The van der Waals surface area contributed by atoms with Gasteiger partial charge in [-0.1, -0.05) is 0 Å². The number of hydrogen-bond donors (Lipinski definition) is 1. The molecule has 1 fully saturated rings. The first-order valence-corrected chi connectivity index (χ1v) is 12.7. The quantitative estimate of drug-likeness (QED) is 0.362. The number of amides is 1. The molecule has 1 amide bonds. The lowest BCUT2D eigenvalue weighted by Crippen LogP contribution is -2.49. The second-order valence-corrected chi connectivity index (χ2v) is 9.63. The Balaban J connectivity index is 1.22. The fourth-order valence-corrected chi connectivity index (χ4v) is 4.95. The maximum atomic E-state index is 13.1. The molecule has 12 heteroatoms.